The maximum Gasteiger partial charge on any atom is 0.679 e. The van der Waals surface area contributed by atoms with Crippen molar-refractivity contribution in [2.24, 2.45) is 4.52 Å². The Bertz CT molecular complexity index is 1100. The molecule has 1 N–H and O–H groups in total. The van der Waals surface area contributed by atoms with Crippen molar-refractivity contribution in [3.8, 4) is 23.0 Å². The molecule has 32 heavy (non-hydrogen) atoms. The first kappa shape index (κ1) is 21.6. The van der Waals surface area contributed by atoms with E-state index in [4.69, 9.17) is 23.3 Å². The minimum Gasteiger partial charge on any atom is -0.412 e. The Balaban J connectivity index is 1.71. The molecule has 0 radical (unpaired) electrons. The summed E-state index contributed by atoms with van der Waals surface area (Å²) in [6.07, 6.45) is 0. The summed E-state index contributed by atoms with van der Waals surface area (Å²) < 4.78 is 28.5. The molecule has 4 aromatic rings. The lowest BCUT2D eigenvalue weighted by atomic mass is 10.3. The highest BCUT2D eigenvalue weighted by Gasteiger charge is 2.35. The maximum atomic E-state index is 9.01. The Morgan fingerprint density at radius 1 is 0.500 bits per heavy atom. The van der Waals surface area contributed by atoms with Gasteiger partial charge in [-0.25, -0.2) is 14.2 Å². The molecule has 0 atom stereocenters. The van der Waals surface area contributed by atoms with Crippen LogP contribution < -0.4 is 18.1 Å². The van der Waals surface area contributed by atoms with Gasteiger partial charge >= 0.3 is 15.8 Å². The molecule has 0 saturated carbocycles. The molecule has 4 aromatic carbocycles. The van der Waals surface area contributed by atoms with Crippen LogP contribution in [0.25, 0.3) is 0 Å². The fourth-order valence-electron chi connectivity index (χ4n) is 2.60. The van der Waals surface area contributed by atoms with Gasteiger partial charge in [0.1, 0.15) is 11.5 Å². The van der Waals surface area contributed by atoms with Crippen molar-refractivity contribution in [3.05, 3.63) is 121 Å². The molecule has 0 aliphatic heterocycles. The number of nitrogens with one attached hydrogen (secondary N) is 1. The molecule has 160 valence electrons. The molecule has 0 aliphatic rings. The van der Waals surface area contributed by atoms with E-state index in [2.05, 4.69) is 4.52 Å². The summed E-state index contributed by atoms with van der Waals surface area (Å²) in [5.41, 5.74) is 0. The van der Waals surface area contributed by atoms with Crippen molar-refractivity contribution in [1.82, 2.24) is 0 Å². The lowest BCUT2D eigenvalue weighted by molar-refractivity contribution is 0.466. The van der Waals surface area contributed by atoms with Crippen molar-refractivity contribution in [2.75, 3.05) is 0 Å². The van der Waals surface area contributed by atoms with Crippen LogP contribution in [0.15, 0.2) is 126 Å². The molecule has 0 aromatic heterocycles. The summed E-state index contributed by atoms with van der Waals surface area (Å²) in [7, 11) is -5.55. The van der Waals surface area contributed by atoms with Crippen molar-refractivity contribution < 1.29 is 18.1 Å². The van der Waals surface area contributed by atoms with E-state index in [0.717, 1.165) is 0 Å². The summed E-state index contributed by atoms with van der Waals surface area (Å²) in [6, 6.07) is 36.5. The first-order valence-electron chi connectivity index (χ1n) is 9.81. The summed E-state index contributed by atoms with van der Waals surface area (Å²) in [4.78, 5) is 0. The average Bonchev–Trinajstić information content (AvgIpc) is 2.81. The molecule has 0 spiro atoms. The van der Waals surface area contributed by atoms with Gasteiger partial charge in [0.2, 0.25) is 0 Å². The third-order valence-corrected chi connectivity index (χ3v) is 7.17. The van der Waals surface area contributed by atoms with Gasteiger partial charge in [0.15, 0.2) is 11.5 Å². The van der Waals surface area contributed by atoms with Gasteiger partial charge < -0.3 is 9.05 Å². The van der Waals surface area contributed by atoms with Crippen LogP contribution in [0.1, 0.15) is 0 Å². The predicted molar refractivity (Wildman–Crippen MR) is 127 cm³/mol. The van der Waals surface area contributed by atoms with E-state index in [1.54, 1.807) is 48.5 Å². The van der Waals surface area contributed by atoms with Crippen LogP contribution in [0, 0.1) is 5.16 Å². The van der Waals surface area contributed by atoms with Gasteiger partial charge in [-0.3, -0.25) is 0 Å². The first-order chi connectivity index (χ1) is 15.7. The fraction of sp³-hybridized carbons (Fsp3) is 0. The van der Waals surface area contributed by atoms with Crippen molar-refractivity contribution in [3.63, 3.8) is 0 Å². The highest BCUT2D eigenvalue weighted by molar-refractivity contribution is 7.60. The molecule has 0 aliphatic carbocycles. The molecular formula is C24H21N2O4P2+. The third-order valence-electron chi connectivity index (χ3n) is 3.99. The van der Waals surface area contributed by atoms with Gasteiger partial charge in [0.05, 0.1) is 4.52 Å². The van der Waals surface area contributed by atoms with Gasteiger partial charge in [0, 0.05) is 0 Å². The summed E-state index contributed by atoms with van der Waals surface area (Å²) in [6.45, 7) is 0. The van der Waals surface area contributed by atoms with Crippen molar-refractivity contribution in [2.45, 2.75) is 0 Å². The third kappa shape index (κ3) is 6.45. The van der Waals surface area contributed by atoms with Crippen LogP contribution in [-0.2, 0) is 0 Å². The minimum atomic E-state index is -3.59. The Labute approximate surface area is 188 Å². The van der Waals surface area contributed by atoms with Gasteiger partial charge in [-0.1, -0.05) is 72.8 Å². The highest BCUT2D eigenvalue weighted by Crippen LogP contribution is 2.56. The average molecular weight is 463 g/mol. The number of rotatable bonds is 9. The zero-order chi connectivity index (χ0) is 22.1. The van der Waals surface area contributed by atoms with Gasteiger partial charge in [-0.05, 0) is 48.5 Å². The van der Waals surface area contributed by atoms with E-state index in [1.807, 2.05) is 72.8 Å². The molecule has 0 bridgehead atoms. The van der Waals surface area contributed by atoms with Gasteiger partial charge in [-0.2, -0.15) is 0 Å². The van der Waals surface area contributed by atoms with E-state index in [-0.39, 0.29) is 0 Å². The maximum absolute atomic E-state index is 9.01. The number of hydrogen-bond donors (Lipinski definition) is 1. The van der Waals surface area contributed by atoms with Crippen molar-refractivity contribution >= 4 is 15.8 Å². The van der Waals surface area contributed by atoms with Crippen LogP contribution in [0.3, 0.4) is 0 Å². The Morgan fingerprint density at radius 3 is 1.16 bits per heavy atom. The van der Waals surface area contributed by atoms with Crippen LogP contribution in [-0.4, -0.2) is 0 Å². The normalized spacial score (nSPS) is 10.6. The van der Waals surface area contributed by atoms with E-state index in [9.17, 15) is 0 Å². The van der Waals surface area contributed by atoms with Crippen LogP contribution in [0.5, 0.6) is 23.0 Å². The molecular weight excluding hydrogens is 442 g/mol. The topological polar surface area (TPSA) is 73.1 Å². The van der Waals surface area contributed by atoms with E-state index in [0.29, 0.717) is 23.0 Å². The molecule has 0 saturated heterocycles. The second-order valence-electron chi connectivity index (χ2n) is 6.47. The summed E-state index contributed by atoms with van der Waals surface area (Å²) >= 11 is 0. The molecule has 6 nitrogen and oxygen atoms in total. The minimum absolute atomic E-state index is 0.477. The SMILES string of the molecule is N=P(N=[P+](Oc1ccccc1)Oc1ccccc1)(Oc1ccccc1)Oc1ccccc1. The molecule has 0 unspecified atom stereocenters. The zero-order valence-electron chi connectivity index (χ0n) is 17.0. The Hall–Kier alpha value is -3.59. The number of hydrogen-bond acceptors (Lipinski definition) is 5. The molecule has 0 fully saturated rings. The summed E-state index contributed by atoms with van der Waals surface area (Å²) in [5, 5.41) is 9.01. The second-order valence-corrected chi connectivity index (χ2v) is 9.43. The zero-order valence-corrected chi connectivity index (χ0v) is 18.8. The van der Waals surface area contributed by atoms with Crippen molar-refractivity contribution in [1.29, 1.82) is 5.16 Å². The standard InChI is InChI=1S/C24H21N2O4P2/c25-32(29-23-17-9-3-10-18-23,30-24-19-11-4-12-20-24)26-31(27-21-13-5-1-6-14-21)28-22-15-7-2-8-16-22/h1-20,25H/q+1. The van der Waals surface area contributed by atoms with Crippen LogP contribution in [0.2, 0.25) is 0 Å². The number of para-hydroxylation sites is 4. The van der Waals surface area contributed by atoms with Gasteiger partial charge in [0.25, 0.3) is 0 Å². The molecule has 8 heteroatoms. The van der Waals surface area contributed by atoms with Crippen LogP contribution in [0.4, 0.5) is 0 Å². The largest absolute Gasteiger partial charge is 0.679 e. The Morgan fingerprint density at radius 2 is 0.812 bits per heavy atom. The van der Waals surface area contributed by atoms with Gasteiger partial charge in [-0.15, -0.1) is 0 Å². The second kappa shape index (κ2) is 10.6. The number of nitrogens with zero attached hydrogens (tertiary/aromatic N) is 1. The lowest BCUT2D eigenvalue weighted by Gasteiger charge is -2.16. The van der Waals surface area contributed by atoms with E-state index >= 15 is 0 Å². The smallest absolute Gasteiger partial charge is 0.412 e. The molecule has 4 rings (SSSR count). The van der Waals surface area contributed by atoms with Crippen LogP contribution >= 0.6 is 15.8 Å². The fourth-order valence-corrected chi connectivity index (χ4v) is 5.44. The monoisotopic (exact) mass is 463 g/mol. The molecule has 0 amide bonds. The molecule has 0 heterocycles. The van der Waals surface area contributed by atoms with E-state index in [1.165, 1.54) is 0 Å². The quantitative estimate of drug-likeness (QED) is 0.253. The number of benzene rings is 4. The summed E-state index contributed by atoms with van der Waals surface area (Å²) in [5.74, 6) is 2.10. The first-order valence-corrected chi connectivity index (χ1v) is 12.5. The van der Waals surface area contributed by atoms with E-state index < -0.39 is 15.8 Å². The lowest BCUT2D eigenvalue weighted by Crippen LogP contribution is -1.99. The highest BCUT2D eigenvalue weighted by atomic mass is 31.2. The predicted octanol–water partition coefficient (Wildman–Crippen LogP) is 8.32. The Kier molecular flexibility index (Phi) is 7.19.